The zero-order chi connectivity index (χ0) is 24.3. The lowest BCUT2D eigenvalue weighted by Gasteiger charge is -2.27. The second kappa shape index (κ2) is 10.2. The van der Waals surface area contributed by atoms with Crippen LogP contribution in [0.4, 0.5) is 0 Å². The molecule has 36 heavy (non-hydrogen) atoms. The van der Waals surface area contributed by atoms with Crippen molar-refractivity contribution in [2.45, 2.75) is 25.8 Å². The molecular weight excluding hydrogens is 454 g/mol. The maximum atomic E-state index is 5.80. The van der Waals surface area contributed by atoms with Crippen LogP contribution >= 0.6 is 0 Å². The van der Waals surface area contributed by atoms with Gasteiger partial charge in [-0.1, -0.05) is 6.07 Å². The van der Waals surface area contributed by atoms with Crippen LogP contribution in [0.1, 0.15) is 29.9 Å². The summed E-state index contributed by atoms with van der Waals surface area (Å²) < 4.78 is 11.3. The van der Waals surface area contributed by atoms with Gasteiger partial charge in [-0.2, -0.15) is 9.97 Å². The van der Waals surface area contributed by atoms with Gasteiger partial charge in [-0.05, 0) is 48.6 Å². The predicted molar refractivity (Wildman–Crippen MR) is 137 cm³/mol. The summed E-state index contributed by atoms with van der Waals surface area (Å²) in [5, 5.41) is 3.41. The molecule has 9 nitrogen and oxygen atoms in total. The largest absolute Gasteiger partial charge is 0.493 e. The van der Waals surface area contributed by atoms with Gasteiger partial charge >= 0.3 is 6.01 Å². The molecule has 0 radical (unpaired) electrons. The molecular formula is C27H31N7O2. The second-order valence-corrected chi connectivity index (χ2v) is 9.60. The minimum absolute atomic E-state index is 0.384. The number of aromatic nitrogens is 5. The number of methoxy groups -OCH3 is 1. The number of piperazine rings is 1. The molecule has 2 fully saturated rings. The van der Waals surface area contributed by atoms with Gasteiger partial charge in [0, 0.05) is 56.6 Å². The number of nitrogens with zero attached hydrogens (tertiary/aromatic N) is 5. The molecule has 1 saturated carbocycles. The second-order valence-electron chi connectivity index (χ2n) is 9.60. The van der Waals surface area contributed by atoms with E-state index in [1.165, 1.54) is 18.4 Å². The summed E-state index contributed by atoms with van der Waals surface area (Å²) in [5.41, 5.74) is 5.78. The first kappa shape index (κ1) is 22.9. The molecule has 4 heterocycles. The lowest BCUT2D eigenvalue weighted by Crippen LogP contribution is -2.42. The highest BCUT2D eigenvalue weighted by Gasteiger charge is 2.23. The normalized spacial score (nSPS) is 16.4. The molecule has 0 spiro atoms. The van der Waals surface area contributed by atoms with Crippen molar-refractivity contribution in [2.75, 3.05) is 39.9 Å². The van der Waals surface area contributed by atoms with Crippen molar-refractivity contribution in [3.63, 3.8) is 0 Å². The van der Waals surface area contributed by atoms with Gasteiger partial charge in [-0.3, -0.25) is 9.88 Å². The molecule has 1 aliphatic heterocycles. The number of nitrogens with one attached hydrogen (secondary N) is 2. The number of H-pyrrole nitrogens is 1. The molecule has 6 rings (SSSR count). The average molecular weight is 486 g/mol. The van der Waals surface area contributed by atoms with Crippen molar-refractivity contribution < 1.29 is 9.47 Å². The number of ether oxygens (including phenoxy) is 2. The molecule has 9 heteroatoms. The molecule has 0 amide bonds. The van der Waals surface area contributed by atoms with Crippen molar-refractivity contribution in [1.82, 2.24) is 35.1 Å². The third-order valence-corrected chi connectivity index (χ3v) is 6.75. The van der Waals surface area contributed by atoms with Crippen LogP contribution in [0.25, 0.3) is 22.3 Å². The first-order valence-corrected chi connectivity index (χ1v) is 12.6. The Morgan fingerprint density at radius 3 is 2.78 bits per heavy atom. The summed E-state index contributed by atoms with van der Waals surface area (Å²) in [5.74, 6) is 2.13. The van der Waals surface area contributed by atoms with E-state index in [0.29, 0.717) is 36.4 Å². The van der Waals surface area contributed by atoms with Crippen LogP contribution < -0.4 is 14.8 Å². The lowest BCUT2D eigenvalue weighted by atomic mass is 10.1. The standard InChI is InChI=1S/C27H31N7O2/c1-35-24-15-30-27(36-17-18-2-3-18)33-26(24)20-4-5-22-23(13-20)32-25(31-22)14-21-12-19(6-7-29-21)16-34-10-8-28-9-11-34/h4-7,12-13,15,18,28H,2-3,8-11,14,16-17H2,1H3,(H,31,32). The Morgan fingerprint density at radius 1 is 1.06 bits per heavy atom. The molecule has 1 saturated heterocycles. The maximum absolute atomic E-state index is 5.80. The number of aromatic amines is 1. The number of pyridine rings is 1. The van der Waals surface area contributed by atoms with E-state index >= 15 is 0 Å². The quantitative estimate of drug-likeness (QED) is 0.373. The summed E-state index contributed by atoms with van der Waals surface area (Å²) in [6, 6.07) is 10.7. The fourth-order valence-corrected chi connectivity index (χ4v) is 4.57. The van der Waals surface area contributed by atoms with Gasteiger partial charge in [0.2, 0.25) is 0 Å². The Labute approximate surface area is 210 Å². The summed E-state index contributed by atoms with van der Waals surface area (Å²) in [6.45, 7) is 5.87. The summed E-state index contributed by atoms with van der Waals surface area (Å²) in [7, 11) is 1.63. The maximum Gasteiger partial charge on any atom is 0.317 e. The Hall–Kier alpha value is -3.56. The van der Waals surface area contributed by atoms with Crippen LogP contribution in [-0.2, 0) is 13.0 Å². The Morgan fingerprint density at radius 2 is 1.94 bits per heavy atom. The van der Waals surface area contributed by atoms with Gasteiger partial charge < -0.3 is 19.8 Å². The summed E-state index contributed by atoms with van der Waals surface area (Å²) in [4.78, 5) is 24.3. The molecule has 0 bridgehead atoms. The van der Waals surface area contributed by atoms with E-state index in [9.17, 15) is 0 Å². The lowest BCUT2D eigenvalue weighted by molar-refractivity contribution is 0.233. The van der Waals surface area contributed by atoms with Gasteiger partial charge in [0.05, 0.1) is 30.9 Å². The molecule has 1 aromatic carbocycles. The highest BCUT2D eigenvalue weighted by atomic mass is 16.5. The van der Waals surface area contributed by atoms with Crippen LogP contribution in [0.15, 0.2) is 42.7 Å². The first-order chi connectivity index (χ1) is 17.7. The minimum Gasteiger partial charge on any atom is -0.493 e. The molecule has 2 N–H and O–H groups in total. The zero-order valence-corrected chi connectivity index (χ0v) is 20.5. The van der Waals surface area contributed by atoms with Crippen LogP contribution in [0.3, 0.4) is 0 Å². The van der Waals surface area contributed by atoms with Gasteiger partial charge in [0.15, 0.2) is 5.75 Å². The number of benzene rings is 1. The van der Waals surface area contributed by atoms with Gasteiger partial charge in [-0.15, -0.1) is 0 Å². The van der Waals surface area contributed by atoms with Crippen LogP contribution in [0, 0.1) is 5.92 Å². The highest BCUT2D eigenvalue weighted by molar-refractivity contribution is 5.82. The summed E-state index contributed by atoms with van der Waals surface area (Å²) in [6.07, 6.45) is 6.66. The van der Waals surface area contributed by atoms with E-state index in [4.69, 9.17) is 14.5 Å². The van der Waals surface area contributed by atoms with Gasteiger partial charge in [0.1, 0.15) is 11.5 Å². The molecule has 2 aliphatic rings. The number of imidazole rings is 1. The van der Waals surface area contributed by atoms with E-state index in [-0.39, 0.29) is 0 Å². The fraction of sp³-hybridized carbons (Fsp3) is 0.407. The van der Waals surface area contributed by atoms with E-state index in [0.717, 1.165) is 60.8 Å². The van der Waals surface area contributed by atoms with Crippen LogP contribution in [0.2, 0.25) is 0 Å². The topological polar surface area (TPSA) is 101 Å². The van der Waals surface area contributed by atoms with Crippen molar-refractivity contribution >= 4 is 11.0 Å². The third kappa shape index (κ3) is 5.32. The molecule has 4 aromatic rings. The SMILES string of the molecule is COc1cnc(OCC2CC2)nc1-c1ccc2nc(Cc3cc(CN4CCNCC4)ccn3)[nH]c2c1. The Kier molecular flexibility index (Phi) is 6.48. The molecule has 0 unspecified atom stereocenters. The van der Waals surface area contributed by atoms with Gasteiger partial charge in [-0.25, -0.2) is 4.98 Å². The van der Waals surface area contributed by atoms with E-state index in [1.54, 1.807) is 13.3 Å². The number of hydrogen-bond acceptors (Lipinski definition) is 8. The average Bonchev–Trinajstić information content (AvgIpc) is 3.66. The minimum atomic E-state index is 0.384. The van der Waals surface area contributed by atoms with E-state index < -0.39 is 0 Å². The molecule has 3 aromatic heterocycles. The van der Waals surface area contributed by atoms with E-state index in [1.807, 2.05) is 18.3 Å². The third-order valence-electron chi connectivity index (χ3n) is 6.75. The van der Waals surface area contributed by atoms with E-state index in [2.05, 4.69) is 48.4 Å². The summed E-state index contributed by atoms with van der Waals surface area (Å²) >= 11 is 0. The predicted octanol–water partition coefficient (Wildman–Crippen LogP) is 3.21. The molecule has 186 valence electrons. The van der Waals surface area contributed by atoms with Crippen molar-refractivity contribution in [3.8, 4) is 23.0 Å². The molecule has 1 aliphatic carbocycles. The number of rotatable bonds is 9. The Bertz CT molecular complexity index is 1350. The Balaban J connectivity index is 1.20. The highest BCUT2D eigenvalue weighted by Crippen LogP contribution is 2.32. The van der Waals surface area contributed by atoms with Gasteiger partial charge in [0.25, 0.3) is 0 Å². The smallest absolute Gasteiger partial charge is 0.317 e. The monoisotopic (exact) mass is 485 g/mol. The van der Waals surface area contributed by atoms with Crippen LogP contribution in [0.5, 0.6) is 11.8 Å². The number of hydrogen-bond donors (Lipinski definition) is 2. The molecule has 0 atom stereocenters. The zero-order valence-electron chi connectivity index (χ0n) is 20.5. The van der Waals surface area contributed by atoms with Crippen molar-refractivity contribution in [3.05, 3.63) is 59.8 Å². The number of fused-ring (bicyclic) bond motifs is 1. The van der Waals surface area contributed by atoms with Crippen molar-refractivity contribution in [1.29, 1.82) is 0 Å². The van der Waals surface area contributed by atoms with Crippen molar-refractivity contribution in [2.24, 2.45) is 5.92 Å². The first-order valence-electron chi connectivity index (χ1n) is 12.6. The fourth-order valence-electron chi connectivity index (χ4n) is 4.57. The van der Waals surface area contributed by atoms with Crippen LogP contribution in [-0.4, -0.2) is 69.7 Å².